The van der Waals surface area contributed by atoms with Crippen molar-refractivity contribution in [3.8, 4) is 0 Å². The smallest absolute Gasteiger partial charge is 0.0641 e. The molecule has 2 nitrogen and oxygen atoms in total. The van der Waals surface area contributed by atoms with E-state index in [4.69, 9.17) is 5.73 Å². The van der Waals surface area contributed by atoms with Crippen molar-refractivity contribution in [3.05, 3.63) is 63.6 Å². The van der Waals surface area contributed by atoms with Crippen molar-refractivity contribution >= 4 is 21.6 Å². The van der Waals surface area contributed by atoms with E-state index < -0.39 is 0 Å². The summed E-state index contributed by atoms with van der Waals surface area (Å²) in [7, 11) is 0. The highest BCUT2D eigenvalue weighted by Gasteiger charge is 2.15. The van der Waals surface area contributed by atoms with Crippen LogP contribution in [0.3, 0.4) is 0 Å². The molecule has 0 fully saturated rings. The molecule has 2 aromatic carbocycles. The molecule has 0 radical (unpaired) electrons. The van der Waals surface area contributed by atoms with Crippen LogP contribution in [-0.4, -0.2) is 6.54 Å². The summed E-state index contributed by atoms with van der Waals surface area (Å²) in [4.78, 5) is 0. The molecule has 0 amide bonds. The van der Waals surface area contributed by atoms with Crippen LogP contribution in [0.2, 0.25) is 0 Å². The third-order valence-corrected chi connectivity index (χ3v) is 4.02. The Morgan fingerprint density at radius 1 is 1.05 bits per heavy atom. The number of hydrogen-bond acceptors (Lipinski definition) is 2. The van der Waals surface area contributed by atoms with Gasteiger partial charge < -0.3 is 11.1 Å². The van der Waals surface area contributed by atoms with Gasteiger partial charge in [-0.1, -0.05) is 30.3 Å². The lowest BCUT2D eigenvalue weighted by atomic mass is 9.96. The normalized spacial score (nSPS) is 12.2. The molecule has 0 bridgehead atoms. The summed E-state index contributed by atoms with van der Waals surface area (Å²) in [6.07, 6.45) is 0. The van der Waals surface area contributed by atoms with Crippen LogP contribution in [-0.2, 0) is 0 Å². The fourth-order valence-corrected chi connectivity index (χ4v) is 2.79. The van der Waals surface area contributed by atoms with Gasteiger partial charge in [-0.2, -0.15) is 0 Å². The second-order valence-electron chi connectivity index (χ2n) is 4.72. The quantitative estimate of drug-likeness (QED) is 0.887. The Balaban J connectivity index is 2.34. The van der Waals surface area contributed by atoms with Crippen molar-refractivity contribution in [2.45, 2.75) is 19.9 Å². The molecule has 3 N–H and O–H groups in total. The van der Waals surface area contributed by atoms with Crippen LogP contribution in [0.1, 0.15) is 22.7 Å². The van der Waals surface area contributed by atoms with Gasteiger partial charge in [0.25, 0.3) is 0 Å². The number of halogens is 1. The number of hydrogen-bond donors (Lipinski definition) is 2. The maximum Gasteiger partial charge on any atom is 0.0641 e. The minimum atomic E-state index is 0.125. The number of anilines is 1. The van der Waals surface area contributed by atoms with Crippen LogP contribution >= 0.6 is 15.9 Å². The van der Waals surface area contributed by atoms with Crippen LogP contribution in [0.15, 0.2) is 46.9 Å². The van der Waals surface area contributed by atoms with Crippen molar-refractivity contribution in [2.75, 3.05) is 11.9 Å². The van der Waals surface area contributed by atoms with Crippen LogP contribution in [0.5, 0.6) is 0 Å². The van der Waals surface area contributed by atoms with Crippen molar-refractivity contribution in [2.24, 2.45) is 5.73 Å². The van der Waals surface area contributed by atoms with E-state index in [-0.39, 0.29) is 6.04 Å². The van der Waals surface area contributed by atoms with E-state index in [1.165, 1.54) is 16.7 Å². The monoisotopic (exact) mass is 318 g/mol. The van der Waals surface area contributed by atoms with E-state index in [1.807, 2.05) is 18.2 Å². The Morgan fingerprint density at radius 2 is 1.68 bits per heavy atom. The van der Waals surface area contributed by atoms with Crippen LogP contribution in [0.25, 0.3) is 0 Å². The predicted octanol–water partition coefficient (Wildman–Crippen LogP) is 4.18. The van der Waals surface area contributed by atoms with Gasteiger partial charge in [-0.25, -0.2) is 0 Å². The molecule has 0 saturated carbocycles. The molecule has 0 heterocycles. The Morgan fingerprint density at radius 3 is 2.26 bits per heavy atom. The largest absolute Gasteiger partial charge is 0.376 e. The third-order valence-electron chi connectivity index (χ3n) is 3.33. The number of rotatable bonds is 4. The van der Waals surface area contributed by atoms with E-state index in [0.29, 0.717) is 6.54 Å². The van der Waals surface area contributed by atoms with Crippen molar-refractivity contribution in [1.29, 1.82) is 0 Å². The van der Waals surface area contributed by atoms with Crippen molar-refractivity contribution in [1.82, 2.24) is 0 Å². The first-order chi connectivity index (χ1) is 9.13. The molecule has 3 heteroatoms. The highest BCUT2D eigenvalue weighted by atomic mass is 79.9. The molecule has 1 unspecified atom stereocenters. The highest BCUT2D eigenvalue weighted by Crippen LogP contribution is 2.28. The molecular formula is C16H19BrN2. The van der Waals surface area contributed by atoms with Gasteiger partial charge in [0.2, 0.25) is 0 Å². The molecular weight excluding hydrogens is 300 g/mol. The lowest BCUT2D eigenvalue weighted by Crippen LogP contribution is -2.22. The average Bonchev–Trinajstić information content (AvgIpc) is 2.39. The van der Waals surface area contributed by atoms with Gasteiger partial charge >= 0.3 is 0 Å². The summed E-state index contributed by atoms with van der Waals surface area (Å²) < 4.78 is 1.06. The standard InChI is InChI=1S/C16H19BrN2/c1-11-6-5-7-12(2)16(11)15(10-18)19-14-9-4-3-8-13(14)17/h3-9,15,19H,10,18H2,1-2H3. The first-order valence-corrected chi connectivity index (χ1v) is 7.20. The summed E-state index contributed by atoms with van der Waals surface area (Å²) in [5, 5.41) is 3.52. The summed E-state index contributed by atoms with van der Waals surface area (Å²) in [5.74, 6) is 0. The van der Waals surface area contributed by atoms with E-state index in [9.17, 15) is 0 Å². The number of nitrogens with two attached hydrogens (primary N) is 1. The maximum absolute atomic E-state index is 5.96. The van der Waals surface area contributed by atoms with Gasteiger partial charge in [0.05, 0.1) is 6.04 Å². The molecule has 100 valence electrons. The molecule has 0 spiro atoms. The lowest BCUT2D eigenvalue weighted by Gasteiger charge is -2.23. The molecule has 2 rings (SSSR count). The Bertz CT molecular complexity index is 546. The topological polar surface area (TPSA) is 38.0 Å². The number of aryl methyl sites for hydroxylation is 2. The van der Waals surface area contributed by atoms with Gasteiger partial charge in [0.15, 0.2) is 0 Å². The number of benzene rings is 2. The second kappa shape index (κ2) is 6.22. The van der Waals surface area contributed by atoms with Gasteiger partial charge in [-0.3, -0.25) is 0 Å². The van der Waals surface area contributed by atoms with Gasteiger partial charge in [-0.05, 0) is 58.6 Å². The molecule has 0 aliphatic carbocycles. The van der Waals surface area contributed by atoms with E-state index in [2.05, 4.69) is 59.4 Å². The van der Waals surface area contributed by atoms with Crippen LogP contribution < -0.4 is 11.1 Å². The maximum atomic E-state index is 5.96. The van der Waals surface area contributed by atoms with Gasteiger partial charge in [0, 0.05) is 16.7 Å². The zero-order valence-corrected chi connectivity index (χ0v) is 12.9. The first-order valence-electron chi connectivity index (χ1n) is 6.40. The molecule has 0 saturated heterocycles. The SMILES string of the molecule is Cc1cccc(C)c1C(CN)Nc1ccccc1Br. The highest BCUT2D eigenvalue weighted by molar-refractivity contribution is 9.10. The zero-order valence-electron chi connectivity index (χ0n) is 11.3. The molecule has 1 atom stereocenters. The Labute approximate surface area is 123 Å². The van der Waals surface area contributed by atoms with Crippen molar-refractivity contribution < 1.29 is 0 Å². The molecule has 2 aromatic rings. The zero-order chi connectivity index (χ0) is 13.8. The predicted molar refractivity (Wildman–Crippen MR) is 85.5 cm³/mol. The van der Waals surface area contributed by atoms with Crippen molar-refractivity contribution in [3.63, 3.8) is 0 Å². The minimum absolute atomic E-state index is 0.125. The number of para-hydroxylation sites is 1. The van der Waals surface area contributed by atoms with Gasteiger partial charge in [-0.15, -0.1) is 0 Å². The molecule has 19 heavy (non-hydrogen) atoms. The lowest BCUT2D eigenvalue weighted by molar-refractivity contribution is 0.776. The van der Waals surface area contributed by atoms with E-state index in [1.54, 1.807) is 0 Å². The first kappa shape index (κ1) is 14.1. The fourth-order valence-electron chi connectivity index (χ4n) is 2.39. The third kappa shape index (κ3) is 3.17. The van der Waals surface area contributed by atoms with Crippen LogP contribution in [0, 0.1) is 13.8 Å². The summed E-state index contributed by atoms with van der Waals surface area (Å²) in [6, 6.07) is 14.6. The fraction of sp³-hybridized carbons (Fsp3) is 0.250. The number of nitrogens with one attached hydrogen (secondary N) is 1. The average molecular weight is 319 g/mol. The second-order valence-corrected chi connectivity index (χ2v) is 5.57. The van der Waals surface area contributed by atoms with E-state index in [0.717, 1.165) is 10.2 Å². The van der Waals surface area contributed by atoms with E-state index >= 15 is 0 Å². The molecule has 0 aliphatic rings. The Hall–Kier alpha value is -1.32. The minimum Gasteiger partial charge on any atom is -0.376 e. The molecule has 0 aliphatic heterocycles. The van der Waals surface area contributed by atoms with Crippen LogP contribution in [0.4, 0.5) is 5.69 Å². The molecule has 0 aromatic heterocycles. The summed E-state index contributed by atoms with van der Waals surface area (Å²) in [5.41, 5.74) is 10.9. The summed E-state index contributed by atoms with van der Waals surface area (Å²) >= 11 is 3.56. The van der Waals surface area contributed by atoms with Gasteiger partial charge in [0.1, 0.15) is 0 Å². The summed E-state index contributed by atoms with van der Waals surface area (Å²) in [6.45, 7) is 4.83. The Kier molecular flexibility index (Phi) is 4.61.